The molecule has 2 rings (SSSR count). The van der Waals surface area contributed by atoms with E-state index < -0.39 is 4.92 Å². The minimum atomic E-state index is -0.542. The van der Waals surface area contributed by atoms with Gasteiger partial charge < -0.3 is 4.74 Å². The van der Waals surface area contributed by atoms with Crippen molar-refractivity contribution in [3.63, 3.8) is 0 Å². The summed E-state index contributed by atoms with van der Waals surface area (Å²) in [5, 5.41) is 10.5. The predicted molar refractivity (Wildman–Crippen MR) is 65.7 cm³/mol. The van der Waals surface area contributed by atoms with Crippen molar-refractivity contribution in [2.24, 2.45) is 0 Å². The van der Waals surface area contributed by atoms with Gasteiger partial charge in [-0.2, -0.15) is 0 Å². The molecule has 0 unspecified atom stereocenters. The first-order chi connectivity index (χ1) is 9.08. The molecule has 1 aliphatic rings. The summed E-state index contributed by atoms with van der Waals surface area (Å²) in [6.45, 7) is 0.465. The van der Waals surface area contributed by atoms with Crippen LogP contribution in [0.2, 0.25) is 0 Å². The van der Waals surface area contributed by atoms with E-state index in [2.05, 4.69) is 0 Å². The lowest BCUT2D eigenvalue weighted by molar-refractivity contribution is -0.384. The molecule has 0 aliphatic carbocycles. The Morgan fingerprint density at radius 3 is 2.42 bits per heavy atom. The number of non-ortho nitro benzene ring substituents is 1. The normalized spacial score (nSPS) is 13.6. The van der Waals surface area contributed by atoms with Crippen molar-refractivity contribution in [3.8, 4) is 0 Å². The van der Waals surface area contributed by atoms with Crippen LogP contribution in [0, 0.1) is 10.1 Å². The van der Waals surface area contributed by atoms with Gasteiger partial charge in [-0.1, -0.05) is 0 Å². The van der Waals surface area contributed by atoms with Crippen LogP contribution in [-0.4, -0.2) is 23.1 Å². The van der Waals surface area contributed by atoms with Gasteiger partial charge in [0.2, 0.25) is 0 Å². The number of hydrogen-bond acceptors (Lipinski definition) is 5. The number of ether oxygens (including phenoxy) is 1. The number of nitro groups is 1. The summed E-state index contributed by atoms with van der Waals surface area (Å²) < 4.78 is 4.94. The maximum absolute atomic E-state index is 11.8. The van der Waals surface area contributed by atoms with Crippen LogP contribution in [0.5, 0.6) is 0 Å². The fourth-order valence-corrected chi connectivity index (χ4v) is 1.72. The summed E-state index contributed by atoms with van der Waals surface area (Å²) >= 11 is 0. The average Bonchev–Trinajstić information content (AvgIpc) is 2.92. The SMILES string of the molecule is O=C(CC(=O)c1ccc([N+](=O)[O-])cc1)C1=COCC1. The van der Waals surface area contributed by atoms with E-state index in [1.165, 1.54) is 30.5 Å². The maximum atomic E-state index is 11.8. The number of carbonyl (C=O) groups excluding carboxylic acids is 2. The number of ketones is 2. The Balaban J connectivity index is 2.03. The number of benzene rings is 1. The topological polar surface area (TPSA) is 86.5 Å². The van der Waals surface area contributed by atoms with E-state index in [0.29, 0.717) is 24.2 Å². The number of nitrogens with zero attached hydrogens (tertiary/aromatic N) is 1. The average molecular weight is 261 g/mol. The van der Waals surface area contributed by atoms with Gasteiger partial charge in [-0.15, -0.1) is 0 Å². The Hall–Kier alpha value is -2.50. The lowest BCUT2D eigenvalue weighted by atomic mass is 10.0. The van der Waals surface area contributed by atoms with E-state index in [1.807, 2.05) is 0 Å². The van der Waals surface area contributed by atoms with Crippen LogP contribution in [0.25, 0.3) is 0 Å². The Labute approximate surface area is 108 Å². The van der Waals surface area contributed by atoms with Gasteiger partial charge in [0.05, 0.1) is 24.2 Å². The fourth-order valence-electron chi connectivity index (χ4n) is 1.72. The van der Waals surface area contributed by atoms with Gasteiger partial charge in [-0.05, 0) is 12.1 Å². The van der Waals surface area contributed by atoms with E-state index in [9.17, 15) is 19.7 Å². The molecule has 0 bridgehead atoms. The van der Waals surface area contributed by atoms with E-state index in [0.717, 1.165) is 0 Å². The minimum absolute atomic E-state index is 0.0882. The molecule has 1 heterocycles. The number of nitro benzene ring substituents is 1. The molecule has 0 aromatic heterocycles. The second kappa shape index (κ2) is 5.43. The van der Waals surface area contributed by atoms with E-state index in [4.69, 9.17) is 4.74 Å². The maximum Gasteiger partial charge on any atom is 0.269 e. The van der Waals surface area contributed by atoms with E-state index >= 15 is 0 Å². The molecule has 0 saturated carbocycles. The smallest absolute Gasteiger partial charge is 0.269 e. The molecule has 1 aromatic rings. The first-order valence-electron chi connectivity index (χ1n) is 5.69. The Morgan fingerprint density at radius 1 is 1.21 bits per heavy atom. The summed E-state index contributed by atoms with van der Waals surface area (Å²) in [7, 11) is 0. The highest BCUT2D eigenvalue weighted by atomic mass is 16.6. The largest absolute Gasteiger partial charge is 0.500 e. The molecular formula is C13H11NO5. The molecule has 0 radical (unpaired) electrons. The molecule has 98 valence electrons. The van der Waals surface area contributed by atoms with Crippen LogP contribution in [0.15, 0.2) is 36.1 Å². The van der Waals surface area contributed by atoms with Gasteiger partial charge in [0.15, 0.2) is 11.6 Å². The van der Waals surface area contributed by atoms with Crippen molar-refractivity contribution in [3.05, 3.63) is 51.8 Å². The molecule has 6 nitrogen and oxygen atoms in total. The zero-order valence-electron chi connectivity index (χ0n) is 10.00. The summed E-state index contributed by atoms with van der Waals surface area (Å²) in [6.07, 6.45) is 1.66. The molecule has 0 spiro atoms. The second-order valence-corrected chi connectivity index (χ2v) is 4.09. The first-order valence-corrected chi connectivity index (χ1v) is 5.69. The van der Waals surface area contributed by atoms with Crippen LogP contribution in [0.1, 0.15) is 23.2 Å². The van der Waals surface area contributed by atoms with Gasteiger partial charge >= 0.3 is 0 Å². The van der Waals surface area contributed by atoms with Crippen LogP contribution in [0.3, 0.4) is 0 Å². The molecule has 1 aromatic carbocycles. The molecule has 0 fully saturated rings. The Kier molecular flexibility index (Phi) is 3.70. The number of rotatable bonds is 5. The number of hydrogen-bond donors (Lipinski definition) is 0. The van der Waals surface area contributed by atoms with Crippen LogP contribution in [-0.2, 0) is 9.53 Å². The lowest BCUT2D eigenvalue weighted by Crippen LogP contribution is -2.09. The van der Waals surface area contributed by atoms with Crippen molar-refractivity contribution in [2.45, 2.75) is 12.8 Å². The fraction of sp³-hybridized carbons (Fsp3) is 0.231. The number of carbonyl (C=O) groups is 2. The van der Waals surface area contributed by atoms with Crippen molar-refractivity contribution >= 4 is 17.3 Å². The van der Waals surface area contributed by atoms with Crippen molar-refractivity contribution in [1.29, 1.82) is 0 Å². The molecule has 0 atom stereocenters. The van der Waals surface area contributed by atoms with Crippen LogP contribution >= 0.6 is 0 Å². The third-order valence-corrected chi connectivity index (χ3v) is 2.79. The molecular weight excluding hydrogens is 250 g/mol. The van der Waals surface area contributed by atoms with Gasteiger partial charge in [0.25, 0.3) is 5.69 Å². The third-order valence-electron chi connectivity index (χ3n) is 2.79. The van der Waals surface area contributed by atoms with E-state index in [1.54, 1.807) is 0 Å². The standard InChI is InChI=1S/C13H11NO5/c15-12(7-13(16)10-5-6-19-8-10)9-1-3-11(4-2-9)14(17)18/h1-4,8H,5-7H2. The van der Waals surface area contributed by atoms with Crippen molar-refractivity contribution in [1.82, 2.24) is 0 Å². The third kappa shape index (κ3) is 3.04. The van der Waals surface area contributed by atoms with Crippen molar-refractivity contribution < 1.29 is 19.2 Å². The van der Waals surface area contributed by atoms with E-state index in [-0.39, 0.29) is 23.7 Å². The summed E-state index contributed by atoms with van der Waals surface area (Å²) in [5.41, 5.74) is 0.712. The van der Waals surface area contributed by atoms with Gasteiger partial charge in [0.1, 0.15) is 0 Å². The highest BCUT2D eigenvalue weighted by molar-refractivity contribution is 6.13. The van der Waals surface area contributed by atoms with Gasteiger partial charge in [-0.3, -0.25) is 19.7 Å². The van der Waals surface area contributed by atoms with Gasteiger partial charge in [-0.25, -0.2) is 0 Å². The Morgan fingerprint density at radius 2 is 1.89 bits per heavy atom. The molecule has 19 heavy (non-hydrogen) atoms. The molecule has 0 amide bonds. The summed E-state index contributed by atoms with van der Waals surface area (Å²) in [6, 6.07) is 5.20. The second-order valence-electron chi connectivity index (χ2n) is 4.09. The van der Waals surface area contributed by atoms with Crippen LogP contribution < -0.4 is 0 Å². The Bertz CT molecular complexity index is 559. The zero-order chi connectivity index (χ0) is 13.8. The first kappa shape index (κ1) is 12.9. The van der Waals surface area contributed by atoms with Crippen LogP contribution in [0.4, 0.5) is 5.69 Å². The molecule has 0 saturated heterocycles. The quantitative estimate of drug-likeness (QED) is 0.350. The highest BCUT2D eigenvalue weighted by Gasteiger charge is 2.19. The molecule has 0 N–H and O–H groups in total. The summed E-state index contributed by atoms with van der Waals surface area (Å²) in [5.74, 6) is -0.617. The predicted octanol–water partition coefficient (Wildman–Crippen LogP) is 2.04. The molecule has 1 aliphatic heterocycles. The zero-order valence-corrected chi connectivity index (χ0v) is 10.00. The lowest BCUT2D eigenvalue weighted by Gasteiger charge is -2.00. The van der Waals surface area contributed by atoms with Gasteiger partial charge in [0, 0.05) is 29.7 Å². The summed E-state index contributed by atoms with van der Waals surface area (Å²) in [4.78, 5) is 33.5. The highest BCUT2D eigenvalue weighted by Crippen LogP contribution is 2.17. The van der Waals surface area contributed by atoms with Crippen molar-refractivity contribution in [2.75, 3.05) is 6.61 Å². The monoisotopic (exact) mass is 261 g/mol. The molecule has 6 heteroatoms. The minimum Gasteiger partial charge on any atom is -0.500 e. The number of Topliss-reactive ketones (excluding diaryl/α,β-unsaturated/α-hetero) is 2.